The molecule has 0 saturated carbocycles. The van der Waals surface area contributed by atoms with E-state index < -0.39 is 11.7 Å². The molecule has 0 unspecified atom stereocenters. The van der Waals surface area contributed by atoms with Crippen LogP contribution in [0.5, 0.6) is 0 Å². The van der Waals surface area contributed by atoms with Gasteiger partial charge in [0, 0.05) is 38.8 Å². The Morgan fingerprint density at radius 2 is 2.08 bits per heavy atom. The Bertz CT molecular complexity index is 873. The van der Waals surface area contributed by atoms with Crippen molar-refractivity contribution in [2.45, 2.75) is 6.18 Å². The van der Waals surface area contributed by atoms with Crippen LogP contribution in [0.2, 0.25) is 0 Å². The van der Waals surface area contributed by atoms with Crippen LogP contribution in [0.1, 0.15) is 11.4 Å². The minimum atomic E-state index is -4.45. The van der Waals surface area contributed by atoms with Crippen LogP contribution in [0.25, 0.3) is 16.7 Å². The summed E-state index contributed by atoms with van der Waals surface area (Å²) < 4.78 is 46.4. The lowest BCUT2D eigenvalue weighted by molar-refractivity contribution is -0.137. The molecule has 2 aromatic heterocycles. The second kappa shape index (κ2) is 7.22. The number of hydrogen-bond acceptors (Lipinski definition) is 5. The molecule has 0 N–H and O–H groups in total. The molecule has 140 valence electrons. The van der Waals surface area contributed by atoms with Crippen molar-refractivity contribution in [3.8, 4) is 0 Å². The highest BCUT2D eigenvalue weighted by Gasteiger charge is 2.32. The number of aryl methyl sites for hydroxylation is 1. The van der Waals surface area contributed by atoms with Gasteiger partial charge in [-0.25, -0.2) is 9.97 Å². The highest BCUT2D eigenvalue weighted by Crippen LogP contribution is 2.32. The van der Waals surface area contributed by atoms with Gasteiger partial charge in [0.15, 0.2) is 5.65 Å². The van der Waals surface area contributed by atoms with Crippen LogP contribution in [-0.4, -0.2) is 51.6 Å². The van der Waals surface area contributed by atoms with Crippen LogP contribution in [0.4, 0.5) is 13.2 Å². The van der Waals surface area contributed by atoms with Gasteiger partial charge in [0.05, 0.1) is 17.7 Å². The minimum Gasteiger partial charge on any atom is -0.490 e. The maximum atomic E-state index is 12.9. The first kappa shape index (κ1) is 18.6. The van der Waals surface area contributed by atoms with Crippen molar-refractivity contribution < 1.29 is 17.9 Å². The SMILES string of the molecule is CSCCOC1=CN(C)CC=C1c1nc2cc(C(F)(F)F)cnc2n1C. The topological polar surface area (TPSA) is 43.2 Å². The summed E-state index contributed by atoms with van der Waals surface area (Å²) in [6.07, 6.45) is 2.22. The Morgan fingerprint density at radius 1 is 1.31 bits per heavy atom. The zero-order valence-corrected chi connectivity index (χ0v) is 15.5. The number of alkyl halides is 3. The molecule has 9 heteroatoms. The van der Waals surface area contributed by atoms with Crippen LogP contribution in [0.15, 0.2) is 30.3 Å². The van der Waals surface area contributed by atoms with Gasteiger partial charge in [-0.05, 0) is 12.3 Å². The first-order valence-corrected chi connectivity index (χ1v) is 9.35. The van der Waals surface area contributed by atoms with Crippen molar-refractivity contribution in [3.05, 3.63) is 41.7 Å². The van der Waals surface area contributed by atoms with Crippen molar-refractivity contribution in [2.75, 3.05) is 32.2 Å². The molecule has 0 amide bonds. The van der Waals surface area contributed by atoms with E-state index in [0.29, 0.717) is 30.4 Å². The number of thioether (sulfide) groups is 1. The number of pyridine rings is 1. The maximum Gasteiger partial charge on any atom is 0.417 e. The number of fused-ring (bicyclic) bond motifs is 1. The summed E-state index contributed by atoms with van der Waals surface area (Å²) in [5.41, 5.74) is 0.564. The van der Waals surface area contributed by atoms with Gasteiger partial charge < -0.3 is 14.2 Å². The zero-order chi connectivity index (χ0) is 18.9. The van der Waals surface area contributed by atoms with Crippen LogP contribution in [0.3, 0.4) is 0 Å². The fourth-order valence-corrected chi connectivity index (χ4v) is 2.93. The molecule has 0 atom stereocenters. The quantitative estimate of drug-likeness (QED) is 0.738. The van der Waals surface area contributed by atoms with Gasteiger partial charge in [-0.1, -0.05) is 6.08 Å². The highest BCUT2D eigenvalue weighted by molar-refractivity contribution is 7.98. The van der Waals surface area contributed by atoms with Crippen LogP contribution < -0.4 is 0 Å². The van der Waals surface area contributed by atoms with Gasteiger partial charge in [0.25, 0.3) is 0 Å². The number of imidazole rings is 1. The molecule has 3 heterocycles. The third-order valence-electron chi connectivity index (χ3n) is 4.01. The predicted molar refractivity (Wildman–Crippen MR) is 96.5 cm³/mol. The Labute approximate surface area is 153 Å². The van der Waals surface area contributed by atoms with Crippen molar-refractivity contribution in [1.82, 2.24) is 19.4 Å². The summed E-state index contributed by atoms with van der Waals surface area (Å²) in [4.78, 5) is 10.3. The van der Waals surface area contributed by atoms with E-state index in [-0.39, 0.29) is 5.52 Å². The van der Waals surface area contributed by atoms with E-state index in [1.54, 1.807) is 23.4 Å². The molecule has 26 heavy (non-hydrogen) atoms. The number of rotatable bonds is 5. The normalized spacial score (nSPS) is 15.2. The molecule has 2 aromatic rings. The van der Waals surface area contributed by atoms with Gasteiger partial charge in [0.1, 0.15) is 17.1 Å². The first-order chi connectivity index (χ1) is 12.3. The van der Waals surface area contributed by atoms with E-state index in [1.807, 2.05) is 30.5 Å². The standard InChI is InChI=1S/C17H19F3N4OS/c1-23-5-4-12(14(10-23)25-6-7-26-3)15-22-13-8-11(17(18,19)20)9-21-16(13)24(15)2/h4,8-10H,5-7H2,1-3H3. The van der Waals surface area contributed by atoms with Gasteiger partial charge in [-0.2, -0.15) is 24.9 Å². The van der Waals surface area contributed by atoms with Crippen molar-refractivity contribution in [3.63, 3.8) is 0 Å². The molecule has 5 nitrogen and oxygen atoms in total. The smallest absolute Gasteiger partial charge is 0.417 e. The lowest BCUT2D eigenvalue weighted by Gasteiger charge is -2.23. The van der Waals surface area contributed by atoms with Gasteiger partial charge in [-0.15, -0.1) is 0 Å². The second-order valence-corrected chi connectivity index (χ2v) is 6.94. The minimum absolute atomic E-state index is 0.209. The van der Waals surface area contributed by atoms with Gasteiger partial charge in [0.2, 0.25) is 0 Å². The molecule has 0 aromatic carbocycles. The second-order valence-electron chi connectivity index (χ2n) is 5.95. The third-order valence-corrected chi connectivity index (χ3v) is 4.58. The number of nitrogens with zero attached hydrogens (tertiary/aromatic N) is 4. The largest absolute Gasteiger partial charge is 0.490 e. The molecule has 0 saturated heterocycles. The summed E-state index contributed by atoms with van der Waals surface area (Å²) in [7, 11) is 3.67. The summed E-state index contributed by atoms with van der Waals surface area (Å²) in [6.45, 7) is 1.20. The monoisotopic (exact) mass is 384 g/mol. The summed E-state index contributed by atoms with van der Waals surface area (Å²) in [6, 6.07) is 1.03. The van der Waals surface area contributed by atoms with Crippen LogP contribution >= 0.6 is 11.8 Å². The Balaban J connectivity index is 2.00. The van der Waals surface area contributed by atoms with Crippen molar-refractivity contribution in [2.24, 2.45) is 7.05 Å². The Kier molecular flexibility index (Phi) is 5.17. The summed E-state index contributed by atoms with van der Waals surface area (Å²) in [5.74, 6) is 2.03. The molecule has 0 fully saturated rings. The number of hydrogen-bond donors (Lipinski definition) is 0. The van der Waals surface area contributed by atoms with Crippen molar-refractivity contribution in [1.29, 1.82) is 0 Å². The number of ether oxygens (including phenoxy) is 1. The van der Waals surface area contributed by atoms with E-state index in [2.05, 4.69) is 9.97 Å². The fourth-order valence-electron chi connectivity index (χ4n) is 2.68. The summed E-state index contributed by atoms with van der Waals surface area (Å²) >= 11 is 1.68. The third kappa shape index (κ3) is 3.67. The first-order valence-electron chi connectivity index (χ1n) is 7.95. The van der Waals surface area contributed by atoms with E-state index in [0.717, 1.165) is 23.6 Å². The number of halogens is 3. The average molecular weight is 384 g/mol. The lowest BCUT2D eigenvalue weighted by atomic mass is 10.1. The molecule has 0 bridgehead atoms. The van der Waals surface area contributed by atoms with E-state index >= 15 is 0 Å². The lowest BCUT2D eigenvalue weighted by Crippen LogP contribution is -2.19. The number of allylic oxidation sites excluding steroid dienone is 1. The van der Waals surface area contributed by atoms with Crippen LogP contribution in [0, 0.1) is 0 Å². The van der Waals surface area contributed by atoms with E-state index in [9.17, 15) is 13.2 Å². The van der Waals surface area contributed by atoms with E-state index in [4.69, 9.17) is 4.74 Å². The molecule has 1 aliphatic heterocycles. The maximum absolute atomic E-state index is 12.9. The Hall–Kier alpha value is -2.16. The number of likely N-dealkylation sites (N-methyl/N-ethyl adjacent to an activating group) is 1. The molecular formula is C17H19F3N4OS. The average Bonchev–Trinajstić information content (AvgIpc) is 2.91. The highest BCUT2D eigenvalue weighted by atomic mass is 32.2. The van der Waals surface area contributed by atoms with Gasteiger partial charge in [-0.3, -0.25) is 0 Å². The van der Waals surface area contributed by atoms with Gasteiger partial charge >= 0.3 is 6.18 Å². The zero-order valence-electron chi connectivity index (χ0n) is 14.7. The van der Waals surface area contributed by atoms with E-state index in [1.165, 1.54) is 0 Å². The Morgan fingerprint density at radius 3 is 2.77 bits per heavy atom. The molecule has 3 rings (SSSR count). The molecule has 0 radical (unpaired) electrons. The van der Waals surface area contributed by atoms with Crippen molar-refractivity contribution >= 4 is 28.5 Å². The molecule has 0 aliphatic carbocycles. The molecule has 1 aliphatic rings. The predicted octanol–water partition coefficient (Wildman–Crippen LogP) is 3.54. The summed E-state index contributed by atoms with van der Waals surface area (Å²) in [5, 5.41) is 0. The van der Waals surface area contributed by atoms with Crippen LogP contribution in [-0.2, 0) is 18.0 Å². The fraction of sp³-hybridized carbons (Fsp3) is 0.412. The number of aromatic nitrogens is 3. The molecule has 0 spiro atoms. The molecular weight excluding hydrogens is 365 g/mol.